The maximum atomic E-state index is 12.8. The minimum absolute atomic E-state index is 0.183. The molecule has 0 bridgehead atoms. The number of aryl methyl sites for hydroxylation is 1. The van der Waals surface area contributed by atoms with E-state index in [-0.39, 0.29) is 30.6 Å². The van der Waals surface area contributed by atoms with E-state index in [0.717, 1.165) is 5.75 Å². The van der Waals surface area contributed by atoms with Crippen molar-refractivity contribution < 1.29 is 14.7 Å². The van der Waals surface area contributed by atoms with E-state index in [4.69, 9.17) is 0 Å². The van der Waals surface area contributed by atoms with Gasteiger partial charge in [-0.3, -0.25) is 14.3 Å². The summed E-state index contributed by atoms with van der Waals surface area (Å²) in [6.07, 6.45) is -0.716. The lowest BCUT2D eigenvalue weighted by Gasteiger charge is -2.19. The fourth-order valence-electron chi connectivity index (χ4n) is 2.88. The van der Waals surface area contributed by atoms with E-state index < -0.39 is 6.10 Å². The molecule has 2 N–H and O–H groups in total. The highest BCUT2D eigenvalue weighted by Gasteiger charge is 2.26. The third kappa shape index (κ3) is 4.70. The monoisotopic (exact) mass is 388 g/mol. The van der Waals surface area contributed by atoms with E-state index in [0.29, 0.717) is 18.8 Å². The van der Waals surface area contributed by atoms with Crippen molar-refractivity contribution in [3.05, 3.63) is 47.3 Å². The van der Waals surface area contributed by atoms with Crippen molar-refractivity contribution in [2.24, 2.45) is 0 Å². The summed E-state index contributed by atoms with van der Waals surface area (Å²) in [5.74, 6) is 0.246. The van der Waals surface area contributed by atoms with Gasteiger partial charge in [0.2, 0.25) is 0 Å². The van der Waals surface area contributed by atoms with Crippen LogP contribution in [-0.4, -0.2) is 63.1 Å². The van der Waals surface area contributed by atoms with Crippen LogP contribution < -0.4 is 5.32 Å². The number of aliphatic hydroxyl groups is 1. The molecule has 1 atom stereocenters. The Kier molecular flexibility index (Phi) is 6.18. The summed E-state index contributed by atoms with van der Waals surface area (Å²) in [5.41, 5.74) is 1.76. The van der Waals surface area contributed by atoms with Gasteiger partial charge in [-0.1, -0.05) is 17.7 Å². The Labute approximate surface area is 162 Å². The Morgan fingerprint density at radius 3 is 2.85 bits per heavy atom. The number of carbonyl (C=O) groups is 2. The Hall–Kier alpha value is -2.32. The lowest BCUT2D eigenvalue weighted by Crippen LogP contribution is -2.33. The maximum absolute atomic E-state index is 12.8. The highest BCUT2D eigenvalue weighted by Crippen LogP contribution is 2.19. The fraction of sp³-hybridized carbons (Fsp3) is 0.421. The van der Waals surface area contributed by atoms with Crippen molar-refractivity contribution in [1.82, 2.24) is 20.0 Å². The first kappa shape index (κ1) is 19.4. The molecular weight excluding hydrogens is 364 g/mol. The van der Waals surface area contributed by atoms with Crippen LogP contribution in [-0.2, 0) is 6.54 Å². The minimum atomic E-state index is -0.716. The van der Waals surface area contributed by atoms with Gasteiger partial charge in [0.05, 0.1) is 12.6 Å². The van der Waals surface area contributed by atoms with Gasteiger partial charge in [0, 0.05) is 36.3 Å². The third-order valence-corrected chi connectivity index (χ3v) is 5.43. The van der Waals surface area contributed by atoms with Gasteiger partial charge in [-0.25, -0.2) is 0 Å². The molecule has 0 aliphatic carbocycles. The lowest BCUT2D eigenvalue weighted by atomic mass is 10.2. The molecular formula is C19H24N4O3S. The van der Waals surface area contributed by atoms with Crippen LogP contribution in [0.25, 0.3) is 0 Å². The number of benzene rings is 1. The molecule has 1 aromatic heterocycles. The molecule has 0 radical (unpaired) electrons. The summed E-state index contributed by atoms with van der Waals surface area (Å²) < 4.78 is 1.41. The van der Waals surface area contributed by atoms with Gasteiger partial charge in [-0.2, -0.15) is 5.10 Å². The average Bonchev–Trinajstić information content (AvgIpc) is 3.02. The first-order valence-electron chi connectivity index (χ1n) is 9.00. The average molecular weight is 388 g/mol. The van der Waals surface area contributed by atoms with E-state index in [1.165, 1.54) is 21.2 Å². The van der Waals surface area contributed by atoms with Crippen molar-refractivity contribution in [3.63, 3.8) is 0 Å². The minimum Gasteiger partial charge on any atom is -0.389 e. The van der Waals surface area contributed by atoms with Gasteiger partial charge < -0.3 is 15.3 Å². The predicted octanol–water partition coefficient (Wildman–Crippen LogP) is 1.55. The second-order valence-electron chi connectivity index (χ2n) is 6.51. The summed E-state index contributed by atoms with van der Waals surface area (Å²) in [6, 6.07) is 9.81. The maximum Gasteiger partial charge on any atom is 0.274 e. The number of thioether (sulfide) groups is 1. The topological polar surface area (TPSA) is 87.5 Å². The van der Waals surface area contributed by atoms with Gasteiger partial charge in [-0.05, 0) is 26.0 Å². The molecule has 1 aromatic carbocycles. The van der Waals surface area contributed by atoms with Gasteiger partial charge >= 0.3 is 0 Å². The number of hydrogen-bond donors (Lipinski definition) is 2. The molecule has 0 spiro atoms. The smallest absolute Gasteiger partial charge is 0.274 e. The van der Waals surface area contributed by atoms with Gasteiger partial charge in [-0.15, -0.1) is 11.8 Å². The highest BCUT2D eigenvalue weighted by atomic mass is 32.2. The normalized spacial score (nSPS) is 16.4. The van der Waals surface area contributed by atoms with Crippen LogP contribution in [0.3, 0.4) is 0 Å². The van der Waals surface area contributed by atoms with Crippen LogP contribution in [0.5, 0.6) is 0 Å². The number of fused-ring (bicyclic) bond motifs is 1. The van der Waals surface area contributed by atoms with Gasteiger partial charge in [0.15, 0.2) is 5.69 Å². The van der Waals surface area contributed by atoms with Crippen molar-refractivity contribution in [2.75, 3.05) is 25.4 Å². The SMILES string of the molecule is CCN(CCSc1ccc(C)cc1)C(=O)c1cc2n(n1)C[C@@H](O)CNC2=O. The van der Waals surface area contributed by atoms with Crippen LogP contribution in [0.2, 0.25) is 0 Å². The van der Waals surface area contributed by atoms with E-state index in [2.05, 4.69) is 41.6 Å². The Morgan fingerprint density at radius 1 is 1.41 bits per heavy atom. The first-order valence-corrected chi connectivity index (χ1v) is 9.99. The molecule has 7 nitrogen and oxygen atoms in total. The zero-order valence-corrected chi connectivity index (χ0v) is 16.3. The molecule has 8 heteroatoms. The molecule has 0 saturated heterocycles. The van der Waals surface area contributed by atoms with Crippen LogP contribution in [0.15, 0.2) is 35.2 Å². The van der Waals surface area contributed by atoms with Crippen molar-refractivity contribution >= 4 is 23.6 Å². The number of β-amino-alcohol motifs (C(OH)–C–C–N with tert-alkyl or cyclic N) is 1. The molecule has 144 valence electrons. The Morgan fingerprint density at radius 2 is 2.15 bits per heavy atom. The summed E-state index contributed by atoms with van der Waals surface area (Å²) in [7, 11) is 0. The molecule has 0 unspecified atom stereocenters. The van der Waals surface area contributed by atoms with Crippen molar-refractivity contribution in [3.8, 4) is 0 Å². The second kappa shape index (κ2) is 8.58. The number of amides is 2. The Balaban J connectivity index is 1.64. The summed E-state index contributed by atoms with van der Waals surface area (Å²) in [6.45, 7) is 5.50. The van der Waals surface area contributed by atoms with Crippen LogP contribution in [0.4, 0.5) is 0 Å². The fourth-order valence-corrected chi connectivity index (χ4v) is 3.76. The second-order valence-corrected chi connectivity index (χ2v) is 7.68. The standard InChI is InChI=1S/C19H24N4O3S/c1-3-22(8-9-27-15-6-4-13(2)5-7-15)19(26)16-10-17-18(25)20-11-14(24)12-23(17)21-16/h4-7,10,14,24H,3,8-9,11-12H2,1-2H3,(H,20,25)/t14-/m0/s1. The molecule has 2 amide bonds. The number of hydrogen-bond acceptors (Lipinski definition) is 5. The summed E-state index contributed by atoms with van der Waals surface area (Å²) in [5, 5.41) is 16.7. The summed E-state index contributed by atoms with van der Waals surface area (Å²) >= 11 is 1.70. The lowest BCUT2D eigenvalue weighted by molar-refractivity contribution is 0.0766. The van der Waals surface area contributed by atoms with Crippen molar-refractivity contribution in [1.29, 1.82) is 0 Å². The molecule has 1 aliphatic rings. The first-order chi connectivity index (χ1) is 13.0. The van der Waals surface area contributed by atoms with Gasteiger partial charge in [0.1, 0.15) is 5.69 Å². The zero-order valence-electron chi connectivity index (χ0n) is 15.5. The number of rotatable bonds is 6. The highest BCUT2D eigenvalue weighted by molar-refractivity contribution is 7.99. The number of nitrogens with one attached hydrogen (secondary N) is 1. The van der Waals surface area contributed by atoms with Crippen LogP contribution in [0.1, 0.15) is 33.5 Å². The molecule has 1 aliphatic heterocycles. The number of aromatic nitrogens is 2. The van der Waals surface area contributed by atoms with Crippen LogP contribution >= 0.6 is 11.8 Å². The quantitative estimate of drug-likeness (QED) is 0.733. The Bertz CT molecular complexity index is 819. The molecule has 27 heavy (non-hydrogen) atoms. The molecule has 2 heterocycles. The molecule has 0 saturated carbocycles. The summed E-state index contributed by atoms with van der Waals surface area (Å²) in [4.78, 5) is 27.8. The predicted molar refractivity (Wildman–Crippen MR) is 104 cm³/mol. The number of aliphatic hydroxyl groups excluding tert-OH is 1. The molecule has 0 fully saturated rings. The largest absolute Gasteiger partial charge is 0.389 e. The number of nitrogens with zero attached hydrogens (tertiary/aromatic N) is 3. The van der Waals surface area contributed by atoms with Crippen molar-refractivity contribution in [2.45, 2.75) is 31.4 Å². The van der Waals surface area contributed by atoms with Crippen LogP contribution in [0, 0.1) is 6.92 Å². The molecule has 2 aromatic rings. The number of carbonyl (C=O) groups excluding carboxylic acids is 2. The van der Waals surface area contributed by atoms with E-state index >= 15 is 0 Å². The van der Waals surface area contributed by atoms with Gasteiger partial charge in [0.25, 0.3) is 11.8 Å². The van der Waals surface area contributed by atoms with E-state index in [9.17, 15) is 14.7 Å². The zero-order chi connectivity index (χ0) is 19.4. The molecule has 3 rings (SSSR count). The third-order valence-electron chi connectivity index (χ3n) is 4.43. The van der Waals surface area contributed by atoms with E-state index in [1.807, 2.05) is 6.92 Å². The van der Waals surface area contributed by atoms with E-state index in [1.54, 1.807) is 16.7 Å².